The van der Waals surface area contributed by atoms with Gasteiger partial charge in [-0.15, -0.1) is 0 Å². The molecule has 11 heteroatoms. The van der Waals surface area contributed by atoms with Gasteiger partial charge < -0.3 is 34.9 Å². The molecule has 0 radical (unpaired) electrons. The quantitative estimate of drug-likeness (QED) is 0.192. The number of ether oxygens (including phenoxy) is 4. The molecule has 0 bridgehead atoms. The van der Waals surface area contributed by atoms with Crippen LogP contribution in [-0.4, -0.2) is 58.8 Å². The van der Waals surface area contributed by atoms with Gasteiger partial charge in [0.05, 0.1) is 40.2 Å². The molecule has 0 unspecified atom stereocenters. The zero-order valence-electron chi connectivity index (χ0n) is 27.5. The monoisotopic (exact) mass is 625 g/mol. The number of rotatable bonds is 15. The van der Waals surface area contributed by atoms with Crippen LogP contribution in [0, 0.1) is 5.92 Å². The van der Waals surface area contributed by atoms with Gasteiger partial charge in [-0.2, -0.15) is 0 Å². The molecule has 11 nitrogen and oxygen atoms in total. The molecule has 1 aliphatic rings. The Hall–Kier alpha value is -4.28. The van der Waals surface area contributed by atoms with Gasteiger partial charge in [-0.25, -0.2) is 0 Å². The molecule has 0 aliphatic heterocycles. The van der Waals surface area contributed by atoms with Gasteiger partial charge in [0.15, 0.2) is 11.5 Å². The number of methoxy groups -OCH3 is 4. The molecule has 3 rings (SSSR count). The lowest BCUT2D eigenvalue weighted by molar-refractivity contribution is -0.140. The number of hydrogen-bond donors (Lipinski definition) is 3. The molecule has 2 aromatic rings. The molecule has 246 valence electrons. The first-order chi connectivity index (χ1) is 21.6. The van der Waals surface area contributed by atoms with Crippen LogP contribution in [0.3, 0.4) is 0 Å². The summed E-state index contributed by atoms with van der Waals surface area (Å²) >= 11 is 0. The van der Waals surface area contributed by atoms with E-state index >= 15 is 0 Å². The van der Waals surface area contributed by atoms with Gasteiger partial charge >= 0.3 is 5.97 Å². The van der Waals surface area contributed by atoms with E-state index in [0.717, 1.165) is 24.0 Å². The van der Waals surface area contributed by atoms with Crippen molar-refractivity contribution in [3.05, 3.63) is 45.6 Å². The Labute approximate surface area is 265 Å². The average Bonchev–Trinajstić information content (AvgIpc) is 3.27. The van der Waals surface area contributed by atoms with Crippen molar-refractivity contribution in [3.63, 3.8) is 0 Å². The van der Waals surface area contributed by atoms with Gasteiger partial charge in [-0.1, -0.05) is 32.8 Å². The number of nitrogens with one attached hydrogen (secondary N) is 3. The first kappa shape index (κ1) is 35.2. The molecule has 0 aromatic heterocycles. The fourth-order valence-electron chi connectivity index (χ4n) is 5.69. The number of anilines is 1. The molecule has 2 amide bonds. The Kier molecular flexibility index (Phi) is 13.1. The lowest BCUT2D eigenvalue weighted by atomic mass is 9.95. The van der Waals surface area contributed by atoms with E-state index in [9.17, 15) is 19.2 Å². The number of fused-ring (bicyclic) bond motifs is 3. The van der Waals surface area contributed by atoms with Crippen LogP contribution >= 0.6 is 0 Å². The number of benzene rings is 1. The van der Waals surface area contributed by atoms with Crippen molar-refractivity contribution in [2.75, 3.05) is 40.3 Å². The number of carbonyl (C=O) groups is 3. The van der Waals surface area contributed by atoms with Gasteiger partial charge in [0, 0.05) is 25.5 Å². The summed E-state index contributed by atoms with van der Waals surface area (Å²) in [6.45, 7) is 5.86. The third kappa shape index (κ3) is 8.67. The topological polar surface area (TPSA) is 141 Å². The van der Waals surface area contributed by atoms with Crippen LogP contribution in [0.15, 0.2) is 29.1 Å². The Morgan fingerprint density at radius 1 is 0.978 bits per heavy atom. The fraction of sp³-hybridized carbons (Fsp3) is 0.529. The highest BCUT2D eigenvalue weighted by molar-refractivity contribution is 5.86. The summed E-state index contributed by atoms with van der Waals surface area (Å²) < 4.78 is 21.8. The third-order valence-electron chi connectivity index (χ3n) is 8.31. The molecular formula is C34H47N3O8. The van der Waals surface area contributed by atoms with Crippen LogP contribution in [0.4, 0.5) is 5.69 Å². The second kappa shape index (κ2) is 16.7. The number of aryl methyl sites for hydroxylation is 1. The van der Waals surface area contributed by atoms with E-state index in [-0.39, 0.29) is 34.8 Å². The van der Waals surface area contributed by atoms with E-state index in [2.05, 4.69) is 20.7 Å². The number of hydrogen-bond acceptors (Lipinski definition) is 9. The zero-order chi connectivity index (χ0) is 33.1. The number of amides is 2. The lowest BCUT2D eigenvalue weighted by Crippen LogP contribution is -2.44. The Bertz CT molecular complexity index is 1430. The second-order valence-electron chi connectivity index (χ2n) is 11.3. The van der Waals surface area contributed by atoms with Gasteiger partial charge in [-0.3, -0.25) is 19.2 Å². The summed E-state index contributed by atoms with van der Waals surface area (Å²) in [5.41, 5.74) is 2.99. The normalized spacial score (nSPS) is 14.9. The maximum atomic E-state index is 13.8. The van der Waals surface area contributed by atoms with Crippen molar-refractivity contribution in [1.82, 2.24) is 10.6 Å². The Morgan fingerprint density at radius 2 is 1.71 bits per heavy atom. The van der Waals surface area contributed by atoms with E-state index in [1.165, 1.54) is 27.2 Å². The van der Waals surface area contributed by atoms with Gasteiger partial charge in [0.2, 0.25) is 23.0 Å². The highest BCUT2D eigenvalue weighted by Gasteiger charge is 2.30. The molecular weight excluding hydrogens is 578 g/mol. The van der Waals surface area contributed by atoms with Crippen molar-refractivity contribution in [2.24, 2.45) is 5.92 Å². The third-order valence-corrected chi connectivity index (χ3v) is 8.31. The minimum absolute atomic E-state index is 0.0725. The molecule has 3 atom stereocenters. The second-order valence-corrected chi connectivity index (χ2v) is 11.3. The van der Waals surface area contributed by atoms with Gasteiger partial charge in [0.1, 0.15) is 6.04 Å². The number of esters is 1. The van der Waals surface area contributed by atoms with Crippen LogP contribution in [-0.2, 0) is 25.5 Å². The highest BCUT2D eigenvalue weighted by Crippen LogP contribution is 2.50. The maximum Gasteiger partial charge on any atom is 0.305 e. The summed E-state index contributed by atoms with van der Waals surface area (Å²) in [6.07, 6.45) is 4.38. The molecule has 0 spiro atoms. The zero-order valence-corrected chi connectivity index (χ0v) is 27.5. The summed E-state index contributed by atoms with van der Waals surface area (Å²) in [6, 6.07) is 5.87. The minimum atomic E-state index is -0.655. The Morgan fingerprint density at radius 3 is 2.33 bits per heavy atom. The van der Waals surface area contributed by atoms with Crippen molar-refractivity contribution in [3.8, 4) is 28.4 Å². The molecule has 0 saturated heterocycles. The van der Waals surface area contributed by atoms with E-state index in [0.29, 0.717) is 67.0 Å². The minimum Gasteiger partial charge on any atom is -0.493 e. The molecule has 3 N–H and O–H groups in total. The first-order valence-corrected chi connectivity index (χ1v) is 15.5. The number of carbonyl (C=O) groups excluding carboxylic acids is 3. The largest absolute Gasteiger partial charge is 0.493 e. The van der Waals surface area contributed by atoms with Crippen LogP contribution in [0.5, 0.6) is 17.2 Å². The van der Waals surface area contributed by atoms with E-state index in [4.69, 9.17) is 14.2 Å². The standard InChI is InChI=1S/C34H47N3O8/c1-8-20(2)31(34(41)35-17-11-9-10-12-29(40)43-5)37-26-16-14-23-24(19-27(26)39)25(36-21(3)38)15-13-22-18-28(42-4)32(44-6)33(45-7)30(22)23/h14,16,18-20,25,31H,8-13,15,17H2,1-7H3,(H,35,41)(H,36,38)(H,37,39)/t20-,25-,31-/m0/s1. The molecule has 0 fully saturated rings. The highest BCUT2D eigenvalue weighted by atomic mass is 16.5. The van der Waals surface area contributed by atoms with Crippen molar-refractivity contribution < 1.29 is 33.3 Å². The van der Waals surface area contributed by atoms with E-state index in [1.54, 1.807) is 20.3 Å². The molecule has 0 heterocycles. The Balaban J connectivity index is 2.02. The van der Waals surface area contributed by atoms with Crippen LogP contribution in [0.1, 0.15) is 76.5 Å². The van der Waals surface area contributed by atoms with Gasteiger partial charge in [-0.05, 0) is 66.5 Å². The first-order valence-electron chi connectivity index (χ1n) is 15.5. The summed E-state index contributed by atoms with van der Waals surface area (Å²) in [5, 5.41) is 9.22. The summed E-state index contributed by atoms with van der Waals surface area (Å²) in [4.78, 5) is 50.7. The SMILES string of the molecule is CC[C@H](C)[C@H](Nc1ccc2c(cc1=O)[C@@H](NC(C)=O)CCc1cc(OC)c(OC)c(OC)c1-2)C(=O)NCCCCCC(=O)OC. The number of unbranched alkanes of at least 4 members (excludes halogenated alkanes) is 2. The van der Waals surface area contributed by atoms with Crippen LogP contribution in [0.25, 0.3) is 11.1 Å². The summed E-state index contributed by atoms with van der Waals surface area (Å²) in [5.74, 6) is 0.676. The van der Waals surface area contributed by atoms with Crippen LogP contribution in [0.2, 0.25) is 0 Å². The van der Waals surface area contributed by atoms with E-state index < -0.39 is 12.1 Å². The van der Waals surface area contributed by atoms with Gasteiger partial charge in [0.25, 0.3) is 0 Å². The van der Waals surface area contributed by atoms with Crippen LogP contribution < -0.4 is 35.6 Å². The van der Waals surface area contributed by atoms with Crippen molar-refractivity contribution >= 4 is 23.5 Å². The maximum absolute atomic E-state index is 13.8. The predicted molar refractivity (Wildman–Crippen MR) is 173 cm³/mol. The average molecular weight is 626 g/mol. The van der Waals surface area contributed by atoms with Crippen molar-refractivity contribution in [1.29, 1.82) is 0 Å². The fourth-order valence-corrected chi connectivity index (χ4v) is 5.69. The smallest absolute Gasteiger partial charge is 0.305 e. The lowest BCUT2D eigenvalue weighted by Gasteiger charge is -2.24. The van der Waals surface area contributed by atoms with Crippen molar-refractivity contribution in [2.45, 2.75) is 77.8 Å². The summed E-state index contributed by atoms with van der Waals surface area (Å²) in [7, 11) is 6.02. The molecule has 2 aromatic carbocycles. The molecule has 1 aliphatic carbocycles. The molecule has 45 heavy (non-hydrogen) atoms. The van der Waals surface area contributed by atoms with E-state index in [1.807, 2.05) is 26.0 Å². The molecule has 0 saturated carbocycles. The predicted octanol–water partition coefficient (Wildman–Crippen LogP) is 4.54.